The quantitative estimate of drug-likeness (QED) is 0.671. The molecule has 3 aliphatic rings. The lowest BCUT2D eigenvalue weighted by molar-refractivity contribution is -0.137. The molecule has 1 aliphatic heterocycles. The number of fused-ring (bicyclic) bond motifs is 1. The number of anilines is 1. The maximum Gasteiger partial charge on any atom is 0.419 e. The van der Waals surface area contributed by atoms with Crippen molar-refractivity contribution in [2.75, 3.05) is 25.9 Å². The number of methoxy groups -OCH3 is 1. The van der Waals surface area contributed by atoms with Gasteiger partial charge in [0.15, 0.2) is 0 Å². The summed E-state index contributed by atoms with van der Waals surface area (Å²) in [5.74, 6) is 0.253. The van der Waals surface area contributed by atoms with E-state index < -0.39 is 30.5 Å². The lowest BCUT2D eigenvalue weighted by atomic mass is 9.99. The van der Waals surface area contributed by atoms with E-state index in [1.165, 1.54) is 10.9 Å². The summed E-state index contributed by atoms with van der Waals surface area (Å²) in [4.78, 5) is 6.04. The number of halogens is 5. The SMILES string of the molecule is COC1CN(C2CC3C(C2)C3c2cc(-c3cnc(N)c(C(F)(F)F)c3)nn2CC(F)F)C1. The summed E-state index contributed by atoms with van der Waals surface area (Å²) in [5.41, 5.74) is 5.29. The van der Waals surface area contributed by atoms with Crippen molar-refractivity contribution in [2.24, 2.45) is 11.8 Å². The normalized spacial score (nSPS) is 28.2. The molecule has 0 bridgehead atoms. The molecule has 2 aliphatic carbocycles. The number of likely N-dealkylation sites (tertiary alicyclic amines) is 1. The number of nitrogens with zero attached hydrogens (tertiary/aromatic N) is 4. The number of ether oxygens (including phenoxy) is 1. The summed E-state index contributed by atoms with van der Waals surface area (Å²) in [6.45, 7) is 1.25. The van der Waals surface area contributed by atoms with E-state index in [-0.39, 0.29) is 23.3 Å². The minimum Gasteiger partial charge on any atom is -0.383 e. The first kappa shape index (κ1) is 21.6. The smallest absolute Gasteiger partial charge is 0.383 e. The fourth-order valence-corrected chi connectivity index (χ4v) is 5.43. The van der Waals surface area contributed by atoms with E-state index in [9.17, 15) is 22.0 Å². The van der Waals surface area contributed by atoms with Crippen molar-refractivity contribution in [3.05, 3.63) is 29.6 Å². The molecule has 11 heteroatoms. The number of aromatic nitrogens is 3. The van der Waals surface area contributed by atoms with Crippen LogP contribution in [0.1, 0.15) is 30.0 Å². The molecule has 2 unspecified atom stereocenters. The predicted octanol–water partition coefficient (Wildman–Crippen LogP) is 3.63. The van der Waals surface area contributed by atoms with Crippen LogP contribution in [0.5, 0.6) is 0 Å². The third kappa shape index (κ3) is 3.75. The summed E-state index contributed by atoms with van der Waals surface area (Å²) in [6, 6.07) is 2.99. The van der Waals surface area contributed by atoms with Crippen LogP contribution >= 0.6 is 0 Å². The molecule has 3 fully saturated rings. The van der Waals surface area contributed by atoms with Crippen LogP contribution in [0.3, 0.4) is 0 Å². The topological polar surface area (TPSA) is 69.2 Å². The van der Waals surface area contributed by atoms with Gasteiger partial charge in [-0.15, -0.1) is 0 Å². The number of nitrogens with two attached hydrogens (primary N) is 1. The number of nitrogen functional groups attached to an aromatic ring is 1. The van der Waals surface area contributed by atoms with E-state index in [2.05, 4.69) is 15.0 Å². The van der Waals surface area contributed by atoms with E-state index in [1.54, 1.807) is 13.2 Å². The van der Waals surface area contributed by atoms with Crippen LogP contribution in [-0.2, 0) is 17.5 Å². The molecule has 0 amide bonds. The van der Waals surface area contributed by atoms with E-state index in [0.717, 1.165) is 32.0 Å². The fourth-order valence-electron chi connectivity index (χ4n) is 5.43. The first-order valence-electron chi connectivity index (χ1n) is 10.6. The number of hydrogen-bond acceptors (Lipinski definition) is 5. The molecule has 0 aromatic carbocycles. The minimum absolute atomic E-state index is 0.106. The summed E-state index contributed by atoms with van der Waals surface area (Å²) in [6.07, 6.45) is -3.82. The maximum absolute atomic E-state index is 13.2. The minimum atomic E-state index is -4.66. The molecule has 2 saturated carbocycles. The third-order valence-corrected chi connectivity index (χ3v) is 7.13. The maximum atomic E-state index is 13.2. The zero-order valence-electron chi connectivity index (χ0n) is 17.4. The second kappa shape index (κ2) is 7.65. The molecule has 2 atom stereocenters. The summed E-state index contributed by atoms with van der Waals surface area (Å²) < 4.78 is 72.6. The fraction of sp³-hybridized carbons (Fsp3) is 0.619. The van der Waals surface area contributed by atoms with Crippen molar-refractivity contribution < 1.29 is 26.7 Å². The molecule has 6 nitrogen and oxygen atoms in total. The highest BCUT2D eigenvalue weighted by atomic mass is 19.4. The van der Waals surface area contributed by atoms with E-state index >= 15 is 0 Å². The molecular weight excluding hydrogens is 433 g/mol. The van der Waals surface area contributed by atoms with Gasteiger partial charge in [-0.3, -0.25) is 9.58 Å². The lowest BCUT2D eigenvalue weighted by Crippen LogP contribution is -2.55. The van der Waals surface area contributed by atoms with Gasteiger partial charge in [-0.1, -0.05) is 0 Å². The van der Waals surface area contributed by atoms with Crippen LogP contribution in [0.15, 0.2) is 18.3 Å². The van der Waals surface area contributed by atoms with Crippen LogP contribution in [0.25, 0.3) is 11.3 Å². The average Bonchev–Trinajstić information content (AvgIpc) is 3.00. The van der Waals surface area contributed by atoms with E-state index in [4.69, 9.17) is 10.5 Å². The van der Waals surface area contributed by atoms with E-state index in [0.29, 0.717) is 23.6 Å². The number of rotatable bonds is 6. The summed E-state index contributed by atoms with van der Waals surface area (Å²) in [5, 5.41) is 4.23. The predicted molar refractivity (Wildman–Crippen MR) is 106 cm³/mol. The highest BCUT2D eigenvalue weighted by molar-refractivity contribution is 5.63. The van der Waals surface area contributed by atoms with Crippen LogP contribution in [0.4, 0.5) is 27.8 Å². The Morgan fingerprint density at radius 1 is 1.19 bits per heavy atom. The molecule has 2 N–H and O–H groups in total. The second-order valence-corrected chi connectivity index (χ2v) is 8.97. The Balaban J connectivity index is 1.37. The van der Waals surface area contributed by atoms with Gasteiger partial charge >= 0.3 is 6.18 Å². The van der Waals surface area contributed by atoms with Crippen LogP contribution in [-0.4, -0.2) is 58.4 Å². The van der Waals surface area contributed by atoms with Gasteiger partial charge < -0.3 is 10.5 Å². The van der Waals surface area contributed by atoms with Gasteiger partial charge in [0.1, 0.15) is 12.4 Å². The molecule has 5 rings (SSSR count). The van der Waals surface area contributed by atoms with Gasteiger partial charge in [-0.25, -0.2) is 13.8 Å². The van der Waals surface area contributed by atoms with Crippen molar-refractivity contribution in [3.8, 4) is 11.3 Å². The monoisotopic (exact) mass is 457 g/mol. The Labute approximate surface area is 181 Å². The molecule has 174 valence electrons. The second-order valence-electron chi connectivity index (χ2n) is 8.97. The lowest BCUT2D eigenvalue weighted by Gasteiger charge is -2.43. The molecule has 2 aromatic rings. The Bertz CT molecular complexity index is 991. The Morgan fingerprint density at radius 2 is 1.88 bits per heavy atom. The van der Waals surface area contributed by atoms with Crippen molar-refractivity contribution >= 4 is 5.82 Å². The summed E-state index contributed by atoms with van der Waals surface area (Å²) in [7, 11) is 1.71. The van der Waals surface area contributed by atoms with Gasteiger partial charge in [0.2, 0.25) is 0 Å². The van der Waals surface area contributed by atoms with Gasteiger partial charge in [0.25, 0.3) is 6.43 Å². The molecular formula is C21H24F5N5O. The van der Waals surface area contributed by atoms with Gasteiger partial charge in [0, 0.05) is 49.6 Å². The number of hydrogen-bond donors (Lipinski definition) is 1. The Morgan fingerprint density at radius 3 is 2.47 bits per heavy atom. The standard InChI is InChI=1S/C21H24F5N5O/c1-32-12-7-30(8-12)11-3-13-14(4-11)19(13)17-5-16(29-31(17)9-18(22)23)10-2-15(21(24,25)26)20(27)28-6-10/h2,5-6,11-14,18-19H,3-4,7-9H2,1H3,(H2,27,28). The van der Waals surface area contributed by atoms with Crippen LogP contribution in [0.2, 0.25) is 0 Å². The van der Waals surface area contributed by atoms with Crippen molar-refractivity contribution in [3.63, 3.8) is 0 Å². The average molecular weight is 457 g/mol. The molecule has 0 radical (unpaired) electrons. The number of alkyl halides is 5. The van der Waals surface area contributed by atoms with Crippen LogP contribution < -0.4 is 5.73 Å². The first-order chi connectivity index (χ1) is 15.2. The highest BCUT2D eigenvalue weighted by Crippen LogP contribution is 2.64. The zero-order chi connectivity index (χ0) is 22.8. The third-order valence-electron chi connectivity index (χ3n) is 7.13. The molecule has 1 saturated heterocycles. The van der Waals surface area contributed by atoms with Gasteiger partial charge in [-0.2, -0.15) is 18.3 Å². The largest absolute Gasteiger partial charge is 0.419 e. The zero-order valence-corrected chi connectivity index (χ0v) is 17.4. The Hall–Kier alpha value is -2.27. The molecule has 3 heterocycles. The Kier molecular flexibility index (Phi) is 5.16. The van der Waals surface area contributed by atoms with E-state index in [1.807, 2.05) is 0 Å². The highest BCUT2D eigenvalue weighted by Gasteiger charge is 2.59. The molecule has 2 aromatic heterocycles. The molecule has 32 heavy (non-hydrogen) atoms. The number of pyridine rings is 1. The van der Waals surface area contributed by atoms with Gasteiger partial charge in [0.05, 0.1) is 17.4 Å². The van der Waals surface area contributed by atoms with Crippen molar-refractivity contribution in [1.82, 2.24) is 19.7 Å². The molecule has 0 spiro atoms. The van der Waals surface area contributed by atoms with Crippen LogP contribution in [0, 0.1) is 11.8 Å². The van der Waals surface area contributed by atoms with Gasteiger partial charge in [-0.05, 0) is 36.8 Å². The summed E-state index contributed by atoms with van der Waals surface area (Å²) >= 11 is 0. The van der Waals surface area contributed by atoms with Crippen molar-refractivity contribution in [1.29, 1.82) is 0 Å². The first-order valence-corrected chi connectivity index (χ1v) is 10.6. The van der Waals surface area contributed by atoms with Crippen molar-refractivity contribution in [2.45, 2.75) is 50.1 Å².